The van der Waals surface area contributed by atoms with Gasteiger partial charge in [-0.3, -0.25) is 4.79 Å². The molecule has 0 spiro atoms. The maximum Gasteiger partial charge on any atom is 0.255 e. The zero-order chi connectivity index (χ0) is 21.9. The standard InChI is InChI=1S/C21H26N2O6S/c1-14-12-23(13-15(2)29-14)30(25,26)18-8-5-16(6-9-18)21(24)22-19-10-7-17(27-3)11-20(19)28-4/h5-11,14-15H,12-13H2,1-4H3,(H,22,24)/t14-,15-/m1/s1. The van der Waals surface area contributed by atoms with Crippen LogP contribution in [0.5, 0.6) is 11.5 Å². The van der Waals surface area contributed by atoms with E-state index in [4.69, 9.17) is 14.2 Å². The van der Waals surface area contributed by atoms with Crippen LogP contribution in [-0.4, -0.2) is 58.1 Å². The van der Waals surface area contributed by atoms with Crippen LogP contribution >= 0.6 is 0 Å². The summed E-state index contributed by atoms with van der Waals surface area (Å²) in [5.74, 6) is 0.680. The number of nitrogens with zero attached hydrogens (tertiary/aromatic N) is 1. The van der Waals surface area contributed by atoms with Gasteiger partial charge in [-0.05, 0) is 50.2 Å². The third-order valence-electron chi connectivity index (χ3n) is 4.80. The van der Waals surface area contributed by atoms with Crippen LogP contribution in [0.15, 0.2) is 47.4 Å². The predicted molar refractivity (Wildman–Crippen MR) is 113 cm³/mol. The minimum absolute atomic E-state index is 0.141. The Labute approximate surface area is 176 Å². The van der Waals surface area contributed by atoms with Gasteiger partial charge in [0.1, 0.15) is 11.5 Å². The molecular formula is C21H26N2O6S. The Morgan fingerprint density at radius 3 is 2.23 bits per heavy atom. The highest BCUT2D eigenvalue weighted by Crippen LogP contribution is 2.29. The molecule has 2 aromatic carbocycles. The van der Waals surface area contributed by atoms with E-state index in [1.165, 1.54) is 35.7 Å². The molecular weight excluding hydrogens is 408 g/mol. The van der Waals surface area contributed by atoms with Crippen molar-refractivity contribution in [1.29, 1.82) is 0 Å². The summed E-state index contributed by atoms with van der Waals surface area (Å²) in [6, 6.07) is 10.9. The Morgan fingerprint density at radius 2 is 1.67 bits per heavy atom. The van der Waals surface area contributed by atoms with E-state index in [9.17, 15) is 13.2 Å². The van der Waals surface area contributed by atoms with Crippen LogP contribution in [-0.2, 0) is 14.8 Å². The van der Waals surface area contributed by atoms with Crippen molar-refractivity contribution < 1.29 is 27.4 Å². The average molecular weight is 435 g/mol. The largest absolute Gasteiger partial charge is 0.497 e. The number of carbonyl (C=O) groups excluding carboxylic acids is 1. The lowest BCUT2D eigenvalue weighted by Crippen LogP contribution is -2.48. The maximum absolute atomic E-state index is 12.9. The first-order valence-corrected chi connectivity index (χ1v) is 11.0. The number of nitrogens with one attached hydrogen (secondary N) is 1. The molecule has 8 nitrogen and oxygen atoms in total. The summed E-state index contributed by atoms with van der Waals surface area (Å²) in [6.07, 6.45) is -0.346. The van der Waals surface area contributed by atoms with E-state index in [0.29, 0.717) is 35.8 Å². The minimum Gasteiger partial charge on any atom is -0.497 e. The molecule has 1 N–H and O–H groups in total. The molecule has 162 valence electrons. The van der Waals surface area contributed by atoms with Gasteiger partial charge in [0, 0.05) is 24.7 Å². The van der Waals surface area contributed by atoms with Crippen molar-refractivity contribution in [3.63, 3.8) is 0 Å². The van der Waals surface area contributed by atoms with Crippen molar-refractivity contribution >= 4 is 21.6 Å². The zero-order valence-corrected chi connectivity index (χ0v) is 18.2. The lowest BCUT2D eigenvalue weighted by atomic mass is 10.2. The number of ether oxygens (including phenoxy) is 3. The summed E-state index contributed by atoms with van der Waals surface area (Å²) >= 11 is 0. The maximum atomic E-state index is 12.9. The molecule has 2 atom stereocenters. The van der Waals surface area contributed by atoms with Crippen LogP contribution in [0.1, 0.15) is 24.2 Å². The summed E-state index contributed by atoms with van der Waals surface area (Å²) in [4.78, 5) is 12.8. The van der Waals surface area contributed by atoms with Gasteiger partial charge in [-0.1, -0.05) is 0 Å². The van der Waals surface area contributed by atoms with Crippen LogP contribution in [0.2, 0.25) is 0 Å². The number of hydrogen-bond acceptors (Lipinski definition) is 6. The summed E-state index contributed by atoms with van der Waals surface area (Å²) < 4.78 is 43.3. The van der Waals surface area contributed by atoms with Crippen molar-refractivity contribution in [2.75, 3.05) is 32.6 Å². The Balaban J connectivity index is 1.76. The summed E-state index contributed by atoms with van der Waals surface area (Å²) in [7, 11) is -0.620. The number of sulfonamides is 1. The second-order valence-corrected chi connectivity index (χ2v) is 9.06. The van der Waals surface area contributed by atoms with Gasteiger partial charge in [0.25, 0.3) is 5.91 Å². The fourth-order valence-corrected chi connectivity index (χ4v) is 4.94. The molecule has 0 aromatic heterocycles. The van der Waals surface area contributed by atoms with Crippen LogP contribution in [0.4, 0.5) is 5.69 Å². The lowest BCUT2D eigenvalue weighted by Gasteiger charge is -2.34. The Bertz CT molecular complexity index is 997. The van der Waals surface area contributed by atoms with E-state index >= 15 is 0 Å². The second-order valence-electron chi connectivity index (χ2n) is 7.12. The molecule has 1 amide bonds. The molecule has 1 aliphatic rings. The number of rotatable bonds is 6. The van der Waals surface area contributed by atoms with E-state index < -0.39 is 10.0 Å². The topological polar surface area (TPSA) is 94.2 Å². The van der Waals surface area contributed by atoms with Gasteiger partial charge < -0.3 is 19.5 Å². The van der Waals surface area contributed by atoms with Gasteiger partial charge in [-0.2, -0.15) is 4.31 Å². The third kappa shape index (κ3) is 4.75. The first kappa shape index (κ1) is 22.1. The van der Waals surface area contributed by atoms with Crippen molar-refractivity contribution in [2.45, 2.75) is 31.0 Å². The molecule has 1 heterocycles. The molecule has 30 heavy (non-hydrogen) atoms. The molecule has 0 radical (unpaired) electrons. The highest BCUT2D eigenvalue weighted by molar-refractivity contribution is 7.89. The van der Waals surface area contributed by atoms with Crippen molar-refractivity contribution in [3.05, 3.63) is 48.0 Å². The number of carbonyl (C=O) groups is 1. The molecule has 1 fully saturated rings. The van der Waals surface area contributed by atoms with Crippen LogP contribution in [0, 0.1) is 0 Å². The van der Waals surface area contributed by atoms with E-state index in [1.54, 1.807) is 25.3 Å². The molecule has 1 aliphatic heterocycles. The number of anilines is 1. The predicted octanol–water partition coefficient (Wildman–Crippen LogP) is 2.75. The zero-order valence-electron chi connectivity index (χ0n) is 17.4. The van der Waals surface area contributed by atoms with Gasteiger partial charge in [0.2, 0.25) is 10.0 Å². The number of amides is 1. The molecule has 0 aliphatic carbocycles. The average Bonchev–Trinajstić information content (AvgIpc) is 2.73. The summed E-state index contributed by atoms with van der Waals surface area (Å²) in [5.41, 5.74) is 0.812. The number of benzene rings is 2. The molecule has 0 saturated carbocycles. The smallest absolute Gasteiger partial charge is 0.255 e. The molecule has 0 bridgehead atoms. The van der Waals surface area contributed by atoms with Gasteiger partial charge in [-0.15, -0.1) is 0 Å². The molecule has 0 unspecified atom stereocenters. The number of hydrogen-bond donors (Lipinski definition) is 1. The monoisotopic (exact) mass is 434 g/mol. The van der Waals surface area contributed by atoms with Crippen LogP contribution in [0.3, 0.4) is 0 Å². The van der Waals surface area contributed by atoms with Gasteiger partial charge in [-0.25, -0.2) is 8.42 Å². The first-order valence-electron chi connectivity index (χ1n) is 9.53. The Kier molecular flexibility index (Phi) is 6.64. The van der Waals surface area contributed by atoms with Gasteiger partial charge >= 0.3 is 0 Å². The van der Waals surface area contributed by atoms with Gasteiger partial charge in [0.15, 0.2) is 0 Å². The van der Waals surface area contributed by atoms with Crippen molar-refractivity contribution in [1.82, 2.24) is 4.31 Å². The number of morpholine rings is 1. The molecule has 9 heteroatoms. The quantitative estimate of drug-likeness (QED) is 0.751. The second kappa shape index (κ2) is 9.03. The SMILES string of the molecule is COc1ccc(NC(=O)c2ccc(S(=O)(=O)N3C[C@@H](C)O[C@H](C)C3)cc2)c(OC)c1. The molecule has 3 rings (SSSR count). The van der Waals surface area contributed by atoms with E-state index in [-0.39, 0.29) is 23.0 Å². The summed E-state index contributed by atoms with van der Waals surface area (Å²) in [6.45, 7) is 4.29. The van der Waals surface area contributed by atoms with Crippen molar-refractivity contribution in [3.8, 4) is 11.5 Å². The van der Waals surface area contributed by atoms with E-state index in [1.807, 2.05) is 13.8 Å². The molecule has 2 aromatic rings. The van der Waals surface area contributed by atoms with Gasteiger partial charge in [0.05, 0.1) is 37.0 Å². The van der Waals surface area contributed by atoms with E-state index in [2.05, 4.69) is 5.32 Å². The Hall–Kier alpha value is -2.62. The normalized spacial score (nSPS) is 19.9. The fourth-order valence-electron chi connectivity index (χ4n) is 3.35. The lowest BCUT2D eigenvalue weighted by molar-refractivity contribution is -0.0440. The van der Waals surface area contributed by atoms with Crippen molar-refractivity contribution in [2.24, 2.45) is 0 Å². The highest BCUT2D eigenvalue weighted by Gasteiger charge is 2.32. The first-order chi connectivity index (χ1) is 14.2. The van der Waals surface area contributed by atoms with Crippen LogP contribution in [0.25, 0.3) is 0 Å². The molecule has 1 saturated heterocycles. The minimum atomic E-state index is -3.66. The summed E-state index contributed by atoms with van der Waals surface area (Å²) in [5, 5.41) is 2.77. The third-order valence-corrected chi connectivity index (χ3v) is 6.64. The number of methoxy groups -OCH3 is 2. The highest BCUT2D eigenvalue weighted by atomic mass is 32.2. The fraction of sp³-hybridized carbons (Fsp3) is 0.381. The van der Waals surface area contributed by atoms with Crippen LogP contribution < -0.4 is 14.8 Å². The van der Waals surface area contributed by atoms with E-state index in [0.717, 1.165) is 0 Å². The Morgan fingerprint density at radius 1 is 1.03 bits per heavy atom.